The molecular weight excluding hydrogens is 388 g/mol. The second kappa shape index (κ2) is 7.07. The summed E-state index contributed by atoms with van der Waals surface area (Å²) >= 11 is 5.95. The molecule has 0 saturated heterocycles. The summed E-state index contributed by atoms with van der Waals surface area (Å²) in [6, 6.07) is 6.11. The number of hydrogen-bond donors (Lipinski definition) is 0. The van der Waals surface area contributed by atoms with Gasteiger partial charge in [0.1, 0.15) is 5.82 Å². The van der Waals surface area contributed by atoms with Gasteiger partial charge in [0, 0.05) is 37.6 Å². The van der Waals surface area contributed by atoms with Crippen molar-refractivity contribution < 1.29 is 8.42 Å². The van der Waals surface area contributed by atoms with Gasteiger partial charge in [-0.2, -0.15) is 9.40 Å². The molecule has 0 bridgehead atoms. The smallest absolute Gasteiger partial charge is 0.279 e. The van der Waals surface area contributed by atoms with Crippen LogP contribution in [0, 0.1) is 5.92 Å². The predicted molar refractivity (Wildman–Crippen MR) is 102 cm³/mol. The van der Waals surface area contributed by atoms with Crippen LogP contribution in [-0.4, -0.2) is 40.2 Å². The summed E-state index contributed by atoms with van der Waals surface area (Å²) in [7, 11) is -2.04. The molecular formula is C18H23ClN4O3S. The van der Waals surface area contributed by atoms with E-state index >= 15 is 0 Å². The van der Waals surface area contributed by atoms with E-state index < -0.39 is 10.0 Å². The van der Waals surface area contributed by atoms with Gasteiger partial charge in [0.2, 0.25) is 10.0 Å². The van der Waals surface area contributed by atoms with Crippen LogP contribution in [0.1, 0.15) is 31.5 Å². The topological polar surface area (TPSA) is 77.2 Å². The van der Waals surface area contributed by atoms with Crippen LogP contribution < -0.4 is 5.69 Å². The van der Waals surface area contributed by atoms with E-state index in [9.17, 15) is 13.2 Å². The second-order valence-electron chi connectivity index (χ2n) is 7.44. The van der Waals surface area contributed by atoms with Crippen molar-refractivity contribution in [3.63, 3.8) is 0 Å². The van der Waals surface area contributed by atoms with Gasteiger partial charge in [0.05, 0.1) is 4.90 Å². The van der Waals surface area contributed by atoms with E-state index in [1.54, 1.807) is 34.5 Å². The monoisotopic (exact) mass is 410 g/mol. The number of fused-ring (bicyclic) bond motifs is 1. The lowest BCUT2D eigenvalue weighted by molar-refractivity contribution is 0.328. The molecule has 1 unspecified atom stereocenters. The van der Waals surface area contributed by atoms with Crippen LogP contribution in [0.25, 0.3) is 0 Å². The quantitative estimate of drug-likeness (QED) is 0.756. The van der Waals surface area contributed by atoms with Crippen LogP contribution in [-0.2, 0) is 29.5 Å². The highest BCUT2D eigenvalue weighted by molar-refractivity contribution is 7.89. The van der Waals surface area contributed by atoms with Crippen molar-refractivity contribution in [2.75, 3.05) is 7.05 Å². The van der Waals surface area contributed by atoms with Gasteiger partial charge >= 0.3 is 5.69 Å². The van der Waals surface area contributed by atoms with Gasteiger partial charge < -0.3 is 0 Å². The first-order chi connectivity index (χ1) is 12.9. The molecule has 0 radical (unpaired) electrons. The molecule has 7 nitrogen and oxygen atoms in total. The van der Waals surface area contributed by atoms with Gasteiger partial charge in [0.25, 0.3) is 0 Å². The van der Waals surface area contributed by atoms with Crippen LogP contribution in [0.5, 0.6) is 0 Å². The van der Waals surface area contributed by atoms with Gasteiger partial charge in [-0.3, -0.25) is 4.57 Å². The van der Waals surface area contributed by atoms with Crippen molar-refractivity contribution in [1.29, 1.82) is 0 Å². The molecule has 0 amide bonds. The van der Waals surface area contributed by atoms with Crippen LogP contribution in [0.15, 0.2) is 34.0 Å². The molecule has 1 atom stereocenters. The summed E-state index contributed by atoms with van der Waals surface area (Å²) in [6.07, 6.45) is 4.15. The number of benzene rings is 1. The Labute approximate surface area is 163 Å². The van der Waals surface area contributed by atoms with Crippen molar-refractivity contribution in [2.24, 2.45) is 5.92 Å². The van der Waals surface area contributed by atoms with Crippen LogP contribution >= 0.6 is 11.6 Å². The Morgan fingerprint density at radius 1 is 1.26 bits per heavy atom. The molecule has 9 heteroatoms. The van der Waals surface area contributed by atoms with Gasteiger partial charge in [-0.15, -0.1) is 0 Å². The first-order valence-electron chi connectivity index (χ1n) is 9.26. The van der Waals surface area contributed by atoms with E-state index in [1.165, 1.54) is 23.2 Å². The zero-order chi connectivity index (χ0) is 19.2. The maximum Gasteiger partial charge on any atom is 0.345 e. The molecule has 4 rings (SSSR count). The van der Waals surface area contributed by atoms with E-state index in [4.69, 9.17) is 11.6 Å². The molecule has 1 aromatic carbocycles. The summed E-state index contributed by atoms with van der Waals surface area (Å²) in [5, 5.41) is 4.89. The van der Waals surface area contributed by atoms with Gasteiger partial charge in [-0.05, 0) is 49.8 Å². The Bertz CT molecular complexity index is 1010. The number of halogens is 1. The average molecular weight is 411 g/mol. The highest BCUT2D eigenvalue weighted by atomic mass is 35.5. The van der Waals surface area contributed by atoms with Gasteiger partial charge in [-0.1, -0.05) is 17.7 Å². The van der Waals surface area contributed by atoms with Gasteiger partial charge in [-0.25, -0.2) is 17.9 Å². The number of hydrogen-bond acceptors (Lipinski definition) is 4. The number of sulfonamides is 1. The maximum atomic E-state index is 12.9. The SMILES string of the molecule is CN(C1CCc2nn(CC3CC3)c(=O)n2CC1)S(=O)(=O)c1cccc(Cl)c1. The minimum atomic E-state index is -3.64. The minimum Gasteiger partial charge on any atom is -0.279 e. The summed E-state index contributed by atoms with van der Waals surface area (Å²) in [6.45, 7) is 1.18. The average Bonchev–Trinajstić information content (AvgIpc) is 3.43. The van der Waals surface area contributed by atoms with E-state index in [0.29, 0.717) is 43.3 Å². The highest BCUT2D eigenvalue weighted by Gasteiger charge is 2.31. The lowest BCUT2D eigenvalue weighted by Crippen LogP contribution is -2.37. The number of nitrogens with zero attached hydrogens (tertiary/aromatic N) is 4. The molecule has 0 N–H and O–H groups in total. The van der Waals surface area contributed by atoms with E-state index in [1.807, 2.05) is 0 Å². The van der Waals surface area contributed by atoms with Crippen molar-refractivity contribution in [3.05, 3.63) is 45.6 Å². The van der Waals surface area contributed by atoms with Crippen LogP contribution in [0.3, 0.4) is 0 Å². The number of aromatic nitrogens is 3. The van der Waals surface area contributed by atoms with Crippen molar-refractivity contribution in [2.45, 2.75) is 56.1 Å². The van der Waals surface area contributed by atoms with Crippen molar-refractivity contribution >= 4 is 21.6 Å². The van der Waals surface area contributed by atoms with E-state index in [0.717, 1.165) is 5.82 Å². The zero-order valence-electron chi connectivity index (χ0n) is 15.2. The third-order valence-corrected chi connectivity index (χ3v) is 7.64. The summed E-state index contributed by atoms with van der Waals surface area (Å²) < 4.78 is 30.6. The largest absolute Gasteiger partial charge is 0.345 e. The molecule has 2 aliphatic rings. The molecule has 27 heavy (non-hydrogen) atoms. The third-order valence-electron chi connectivity index (χ3n) is 5.50. The molecule has 2 heterocycles. The Hall–Kier alpha value is -1.64. The molecule has 1 aliphatic heterocycles. The molecule has 1 aliphatic carbocycles. The predicted octanol–water partition coefficient (Wildman–Crippen LogP) is 2.13. The standard InChI is InChI=1S/C18H23ClN4O3S/c1-21(27(25,26)16-4-2-3-14(19)11-16)15-7-8-17-20-23(12-13-5-6-13)18(24)22(17)10-9-15/h2-4,11,13,15H,5-10,12H2,1H3. The number of rotatable bonds is 5. The Morgan fingerprint density at radius 3 is 2.74 bits per heavy atom. The third kappa shape index (κ3) is 3.70. The fourth-order valence-corrected chi connectivity index (χ4v) is 5.35. The highest BCUT2D eigenvalue weighted by Crippen LogP contribution is 2.30. The zero-order valence-corrected chi connectivity index (χ0v) is 16.8. The Morgan fingerprint density at radius 2 is 2.04 bits per heavy atom. The normalized spacial score (nSPS) is 20.5. The minimum absolute atomic E-state index is 0.0714. The first-order valence-corrected chi connectivity index (χ1v) is 11.1. The summed E-state index contributed by atoms with van der Waals surface area (Å²) in [5.74, 6) is 1.35. The molecule has 0 spiro atoms. The summed E-state index contributed by atoms with van der Waals surface area (Å²) in [5.41, 5.74) is -0.0714. The second-order valence-corrected chi connectivity index (χ2v) is 9.87. The first kappa shape index (κ1) is 18.7. The fraction of sp³-hybridized carbons (Fsp3) is 0.556. The molecule has 1 saturated carbocycles. The molecule has 146 valence electrons. The Kier molecular flexibility index (Phi) is 4.90. The summed E-state index contributed by atoms with van der Waals surface area (Å²) in [4.78, 5) is 12.8. The molecule has 1 aromatic heterocycles. The lowest BCUT2D eigenvalue weighted by atomic mass is 10.1. The fourth-order valence-electron chi connectivity index (χ4n) is 3.63. The number of aryl methyl sites for hydroxylation is 1. The molecule has 1 fully saturated rings. The maximum absolute atomic E-state index is 12.9. The molecule has 2 aromatic rings. The van der Waals surface area contributed by atoms with E-state index in [-0.39, 0.29) is 16.6 Å². The van der Waals surface area contributed by atoms with Crippen LogP contribution in [0.2, 0.25) is 5.02 Å². The lowest BCUT2D eigenvalue weighted by Gasteiger charge is -2.26. The Balaban J connectivity index is 1.52. The van der Waals surface area contributed by atoms with Crippen LogP contribution in [0.4, 0.5) is 0 Å². The van der Waals surface area contributed by atoms with Gasteiger partial charge in [0.15, 0.2) is 0 Å². The van der Waals surface area contributed by atoms with Crippen molar-refractivity contribution in [3.8, 4) is 0 Å². The van der Waals surface area contributed by atoms with E-state index in [2.05, 4.69) is 5.10 Å². The van der Waals surface area contributed by atoms with Crippen molar-refractivity contribution in [1.82, 2.24) is 18.7 Å².